The molecule has 8 nitrogen and oxygen atoms in total. The Hall–Kier alpha value is -3.07. The number of hydrogen-bond donors (Lipinski definition) is 2. The zero-order valence-corrected chi connectivity index (χ0v) is 17.9. The first-order valence-electron chi connectivity index (χ1n) is 8.64. The molecule has 2 rings (SSSR count). The monoisotopic (exact) mass is 463 g/mol. The SMILES string of the molecule is COc1cc(CCNC(=O)C(=O)N/N=C\c2cccc(Br)c2)cc(OC)c1OC. The van der Waals surface area contributed by atoms with Gasteiger partial charge in [0.15, 0.2) is 11.5 Å². The molecule has 2 amide bonds. The van der Waals surface area contributed by atoms with Crippen LogP contribution < -0.4 is 25.0 Å². The van der Waals surface area contributed by atoms with E-state index in [-0.39, 0.29) is 6.54 Å². The molecule has 0 aliphatic heterocycles. The van der Waals surface area contributed by atoms with E-state index in [0.717, 1.165) is 15.6 Å². The molecular formula is C20H22BrN3O5. The lowest BCUT2D eigenvalue weighted by atomic mass is 10.1. The van der Waals surface area contributed by atoms with Crippen LogP contribution in [0.2, 0.25) is 0 Å². The first kappa shape index (κ1) is 22.2. The Morgan fingerprint density at radius 2 is 1.72 bits per heavy atom. The van der Waals surface area contributed by atoms with Gasteiger partial charge in [0, 0.05) is 11.0 Å². The largest absolute Gasteiger partial charge is 0.493 e. The number of amides is 2. The number of rotatable bonds is 8. The van der Waals surface area contributed by atoms with Crippen molar-refractivity contribution in [2.45, 2.75) is 6.42 Å². The number of methoxy groups -OCH3 is 3. The molecule has 29 heavy (non-hydrogen) atoms. The van der Waals surface area contributed by atoms with Gasteiger partial charge in [-0.25, -0.2) is 5.43 Å². The number of halogens is 1. The summed E-state index contributed by atoms with van der Waals surface area (Å²) in [5, 5.41) is 6.33. The average Bonchev–Trinajstić information content (AvgIpc) is 2.72. The Morgan fingerprint density at radius 1 is 1.03 bits per heavy atom. The highest BCUT2D eigenvalue weighted by Crippen LogP contribution is 2.38. The Balaban J connectivity index is 1.86. The van der Waals surface area contributed by atoms with Crippen LogP contribution in [0.1, 0.15) is 11.1 Å². The predicted octanol–water partition coefficient (Wildman–Crippen LogP) is 2.28. The molecule has 0 saturated heterocycles. The van der Waals surface area contributed by atoms with Crippen molar-refractivity contribution in [3.63, 3.8) is 0 Å². The molecule has 0 atom stereocenters. The maximum Gasteiger partial charge on any atom is 0.329 e. The van der Waals surface area contributed by atoms with E-state index in [1.165, 1.54) is 27.5 Å². The van der Waals surface area contributed by atoms with Crippen molar-refractivity contribution in [1.29, 1.82) is 0 Å². The molecule has 2 N–H and O–H groups in total. The molecule has 0 heterocycles. The Labute approximate surface area is 177 Å². The van der Waals surface area contributed by atoms with Crippen molar-refractivity contribution in [1.82, 2.24) is 10.7 Å². The van der Waals surface area contributed by atoms with Gasteiger partial charge in [-0.1, -0.05) is 28.1 Å². The Bertz CT molecular complexity index is 876. The third-order valence-electron chi connectivity index (χ3n) is 3.86. The van der Waals surface area contributed by atoms with Crippen molar-refractivity contribution >= 4 is 34.0 Å². The molecule has 0 spiro atoms. The van der Waals surface area contributed by atoms with Gasteiger partial charge in [-0.3, -0.25) is 9.59 Å². The van der Waals surface area contributed by atoms with E-state index < -0.39 is 11.8 Å². The first-order chi connectivity index (χ1) is 14.0. The maximum absolute atomic E-state index is 11.9. The van der Waals surface area contributed by atoms with E-state index >= 15 is 0 Å². The number of carbonyl (C=O) groups excluding carboxylic acids is 2. The molecule has 9 heteroatoms. The van der Waals surface area contributed by atoms with E-state index in [9.17, 15) is 9.59 Å². The highest BCUT2D eigenvalue weighted by molar-refractivity contribution is 9.10. The zero-order valence-electron chi connectivity index (χ0n) is 16.3. The molecule has 2 aromatic carbocycles. The second-order valence-corrected chi connectivity index (χ2v) is 6.71. The second kappa shape index (κ2) is 11.1. The molecule has 0 unspecified atom stereocenters. The minimum Gasteiger partial charge on any atom is -0.493 e. The van der Waals surface area contributed by atoms with Crippen LogP contribution in [0.5, 0.6) is 17.2 Å². The van der Waals surface area contributed by atoms with Crippen LogP contribution in [0.3, 0.4) is 0 Å². The highest BCUT2D eigenvalue weighted by atomic mass is 79.9. The third kappa shape index (κ3) is 6.49. The summed E-state index contributed by atoms with van der Waals surface area (Å²) in [5.74, 6) is -0.0870. The van der Waals surface area contributed by atoms with Crippen LogP contribution in [0.15, 0.2) is 46.0 Å². The molecule has 0 aromatic heterocycles. The number of hydrazone groups is 1. The molecule has 154 valence electrons. The van der Waals surface area contributed by atoms with Crippen LogP contribution in [0.25, 0.3) is 0 Å². The molecule has 0 radical (unpaired) electrons. The maximum atomic E-state index is 11.9. The van der Waals surface area contributed by atoms with Gasteiger partial charge in [0.2, 0.25) is 5.75 Å². The minimum atomic E-state index is -0.846. The topological polar surface area (TPSA) is 98.2 Å². The summed E-state index contributed by atoms with van der Waals surface area (Å²) in [6, 6.07) is 10.9. The van der Waals surface area contributed by atoms with Crippen LogP contribution in [-0.4, -0.2) is 45.9 Å². The molecule has 0 aliphatic rings. The number of nitrogens with one attached hydrogen (secondary N) is 2. The van der Waals surface area contributed by atoms with Crippen molar-refractivity contribution in [2.24, 2.45) is 5.10 Å². The normalized spacial score (nSPS) is 10.5. The van der Waals surface area contributed by atoms with Crippen molar-refractivity contribution in [3.8, 4) is 17.2 Å². The molecule has 2 aromatic rings. The lowest BCUT2D eigenvalue weighted by molar-refractivity contribution is -0.139. The van der Waals surface area contributed by atoms with E-state index in [2.05, 4.69) is 31.8 Å². The summed E-state index contributed by atoms with van der Waals surface area (Å²) >= 11 is 3.34. The van der Waals surface area contributed by atoms with Gasteiger partial charge < -0.3 is 19.5 Å². The molecule has 0 aliphatic carbocycles. The fourth-order valence-corrected chi connectivity index (χ4v) is 2.90. The van der Waals surface area contributed by atoms with E-state index in [1.807, 2.05) is 24.3 Å². The molecule has 0 bridgehead atoms. The fourth-order valence-electron chi connectivity index (χ4n) is 2.48. The summed E-state index contributed by atoms with van der Waals surface area (Å²) in [5.41, 5.74) is 3.83. The van der Waals surface area contributed by atoms with Crippen molar-refractivity contribution < 1.29 is 23.8 Å². The van der Waals surface area contributed by atoms with Crippen LogP contribution in [-0.2, 0) is 16.0 Å². The lowest BCUT2D eigenvalue weighted by Gasteiger charge is -2.14. The molecule has 0 fully saturated rings. The number of hydrogen-bond acceptors (Lipinski definition) is 6. The summed E-state index contributed by atoms with van der Waals surface area (Å²) in [4.78, 5) is 23.7. The van der Waals surface area contributed by atoms with E-state index in [0.29, 0.717) is 23.7 Å². The fraction of sp³-hybridized carbons (Fsp3) is 0.250. The highest BCUT2D eigenvalue weighted by Gasteiger charge is 2.15. The van der Waals surface area contributed by atoms with E-state index in [4.69, 9.17) is 14.2 Å². The predicted molar refractivity (Wildman–Crippen MR) is 113 cm³/mol. The van der Waals surface area contributed by atoms with E-state index in [1.54, 1.807) is 12.1 Å². The minimum absolute atomic E-state index is 0.250. The number of carbonyl (C=O) groups is 2. The van der Waals surface area contributed by atoms with Crippen LogP contribution in [0, 0.1) is 0 Å². The Kier molecular flexibility index (Phi) is 8.47. The van der Waals surface area contributed by atoms with Crippen LogP contribution in [0.4, 0.5) is 0 Å². The van der Waals surface area contributed by atoms with Gasteiger partial charge in [-0.05, 0) is 41.8 Å². The molecule has 0 saturated carbocycles. The third-order valence-corrected chi connectivity index (χ3v) is 4.35. The van der Waals surface area contributed by atoms with Gasteiger partial charge in [0.1, 0.15) is 0 Å². The molecular weight excluding hydrogens is 442 g/mol. The summed E-state index contributed by atoms with van der Waals surface area (Å²) in [6.07, 6.45) is 1.92. The van der Waals surface area contributed by atoms with Gasteiger partial charge in [0.25, 0.3) is 0 Å². The summed E-state index contributed by atoms with van der Waals surface area (Å²) in [6.45, 7) is 0.250. The van der Waals surface area contributed by atoms with Crippen molar-refractivity contribution in [2.75, 3.05) is 27.9 Å². The summed E-state index contributed by atoms with van der Waals surface area (Å²) in [7, 11) is 4.58. The zero-order chi connectivity index (χ0) is 21.2. The van der Waals surface area contributed by atoms with Gasteiger partial charge in [0.05, 0.1) is 27.5 Å². The number of benzene rings is 2. The Morgan fingerprint density at radius 3 is 2.31 bits per heavy atom. The summed E-state index contributed by atoms with van der Waals surface area (Å²) < 4.78 is 16.8. The van der Waals surface area contributed by atoms with Gasteiger partial charge in [-0.15, -0.1) is 0 Å². The number of nitrogens with zero attached hydrogens (tertiary/aromatic N) is 1. The first-order valence-corrected chi connectivity index (χ1v) is 9.43. The van der Waals surface area contributed by atoms with Crippen molar-refractivity contribution in [3.05, 3.63) is 52.0 Å². The second-order valence-electron chi connectivity index (χ2n) is 5.79. The van der Waals surface area contributed by atoms with Crippen LogP contribution >= 0.6 is 15.9 Å². The standard InChI is InChI=1S/C20H22BrN3O5/c1-27-16-10-13(11-17(28-2)18(16)29-3)7-8-22-19(25)20(26)24-23-12-14-5-4-6-15(21)9-14/h4-6,9-12H,7-8H2,1-3H3,(H,22,25)(H,24,26)/b23-12-. The van der Waals surface area contributed by atoms with Gasteiger partial charge >= 0.3 is 11.8 Å². The lowest BCUT2D eigenvalue weighted by Crippen LogP contribution is -2.38. The average molecular weight is 464 g/mol. The van der Waals surface area contributed by atoms with Gasteiger partial charge in [-0.2, -0.15) is 5.10 Å². The smallest absolute Gasteiger partial charge is 0.329 e. The number of ether oxygens (including phenoxy) is 3. The quantitative estimate of drug-likeness (QED) is 0.355.